The number of rotatable bonds is 3. The van der Waals surface area contributed by atoms with E-state index in [0.717, 1.165) is 19.3 Å². The molecule has 2 heteroatoms. The first-order valence-corrected chi connectivity index (χ1v) is 6.97. The first-order valence-electron chi connectivity index (χ1n) is 6.97. The molecule has 104 valence electrons. The lowest BCUT2D eigenvalue weighted by Crippen LogP contribution is -2.21. The Bertz CT molecular complexity index is 490. The van der Waals surface area contributed by atoms with Crippen molar-refractivity contribution in [2.24, 2.45) is 5.41 Å². The first-order chi connectivity index (χ1) is 8.78. The van der Waals surface area contributed by atoms with E-state index in [4.69, 9.17) is 4.74 Å². The van der Waals surface area contributed by atoms with E-state index in [2.05, 4.69) is 45.9 Å². The highest BCUT2D eigenvalue weighted by Gasteiger charge is 2.51. The van der Waals surface area contributed by atoms with Crippen molar-refractivity contribution in [1.82, 2.24) is 0 Å². The summed E-state index contributed by atoms with van der Waals surface area (Å²) < 4.78 is 4.95. The van der Waals surface area contributed by atoms with Gasteiger partial charge < -0.3 is 4.74 Å². The molecule has 0 aromatic heterocycles. The molecule has 0 radical (unpaired) electrons. The van der Waals surface area contributed by atoms with Gasteiger partial charge >= 0.3 is 5.97 Å². The van der Waals surface area contributed by atoms with Crippen LogP contribution < -0.4 is 0 Å². The minimum Gasteiger partial charge on any atom is -0.469 e. The topological polar surface area (TPSA) is 26.3 Å². The fourth-order valence-corrected chi connectivity index (χ4v) is 2.51. The molecule has 2 nitrogen and oxygen atoms in total. The summed E-state index contributed by atoms with van der Waals surface area (Å²) in [7, 11) is 1.49. The molecule has 0 bridgehead atoms. The summed E-state index contributed by atoms with van der Waals surface area (Å²) in [4.78, 5) is 11.9. The molecule has 0 unspecified atom stereocenters. The van der Waals surface area contributed by atoms with Crippen LogP contribution in [0.3, 0.4) is 0 Å². The van der Waals surface area contributed by atoms with Gasteiger partial charge in [-0.25, -0.2) is 0 Å². The van der Waals surface area contributed by atoms with E-state index in [0.29, 0.717) is 0 Å². The van der Waals surface area contributed by atoms with Crippen LogP contribution in [0.1, 0.15) is 50.3 Å². The number of methoxy groups -OCH3 is 1. The Morgan fingerprint density at radius 1 is 1.32 bits per heavy atom. The summed E-state index contributed by atoms with van der Waals surface area (Å²) in [6, 6.07) is 6.62. The van der Waals surface area contributed by atoms with Crippen LogP contribution in [-0.4, -0.2) is 13.1 Å². The third kappa shape index (κ3) is 2.83. The molecule has 0 heterocycles. The van der Waals surface area contributed by atoms with Crippen molar-refractivity contribution in [2.45, 2.75) is 52.4 Å². The van der Waals surface area contributed by atoms with E-state index in [9.17, 15) is 4.79 Å². The zero-order chi connectivity index (χ0) is 14.3. The second-order valence-corrected chi connectivity index (χ2v) is 6.84. The first kappa shape index (κ1) is 14.1. The van der Waals surface area contributed by atoms with Crippen molar-refractivity contribution >= 4 is 5.97 Å². The van der Waals surface area contributed by atoms with Gasteiger partial charge in [-0.3, -0.25) is 4.79 Å². The van der Waals surface area contributed by atoms with Crippen molar-refractivity contribution in [3.8, 4) is 0 Å². The Balaban J connectivity index is 2.28. The zero-order valence-electron chi connectivity index (χ0n) is 12.7. The minimum atomic E-state index is -0.240. The van der Waals surface area contributed by atoms with E-state index in [1.54, 1.807) is 0 Å². The Labute approximate surface area is 116 Å². The highest BCUT2D eigenvalue weighted by molar-refractivity contribution is 5.80. The van der Waals surface area contributed by atoms with E-state index in [1.165, 1.54) is 23.8 Å². The monoisotopic (exact) mass is 260 g/mol. The second-order valence-electron chi connectivity index (χ2n) is 6.84. The van der Waals surface area contributed by atoms with Crippen molar-refractivity contribution < 1.29 is 9.53 Å². The largest absolute Gasteiger partial charge is 0.469 e. The maximum absolute atomic E-state index is 11.9. The number of esters is 1. The van der Waals surface area contributed by atoms with Crippen LogP contribution in [0.2, 0.25) is 0 Å². The lowest BCUT2D eigenvalue weighted by atomic mass is 9.83. The average Bonchev–Trinajstić information content (AvgIpc) is 3.10. The maximum atomic E-state index is 11.9. The Morgan fingerprint density at radius 3 is 2.42 bits per heavy atom. The van der Waals surface area contributed by atoms with Crippen LogP contribution in [0.25, 0.3) is 0 Å². The van der Waals surface area contributed by atoms with Gasteiger partial charge in [-0.05, 0) is 48.3 Å². The second kappa shape index (κ2) is 4.66. The number of ether oxygens (including phenoxy) is 1. The summed E-state index contributed by atoms with van der Waals surface area (Å²) >= 11 is 0. The van der Waals surface area contributed by atoms with Crippen LogP contribution in [0.4, 0.5) is 0 Å². The third-order valence-electron chi connectivity index (χ3n) is 4.22. The maximum Gasteiger partial charge on any atom is 0.312 e. The number of carbonyl (C=O) groups excluding carboxylic acids is 1. The van der Waals surface area contributed by atoms with Gasteiger partial charge in [0, 0.05) is 0 Å². The molecule has 0 saturated heterocycles. The minimum absolute atomic E-state index is 0.0481. The van der Waals surface area contributed by atoms with Crippen LogP contribution in [-0.2, 0) is 21.4 Å². The van der Waals surface area contributed by atoms with Crippen molar-refractivity contribution in [1.29, 1.82) is 0 Å². The molecule has 19 heavy (non-hydrogen) atoms. The van der Waals surface area contributed by atoms with Gasteiger partial charge in [-0.2, -0.15) is 0 Å². The average molecular weight is 260 g/mol. The van der Waals surface area contributed by atoms with Crippen molar-refractivity contribution in [3.05, 3.63) is 34.9 Å². The standard InChI is InChI=1S/C17H24O2/c1-12-6-7-14(16(2,3)4)10-13(12)11-17(8-9-17)15(18)19-5/h6-7,10H,8-9,11H2,1-5H3. The highest BCUT2D eigenvalue weighted by atomic mass is 16.5. The van der Waals surface area contributed by atoms with Gasteiger partial charge in [-0.15, -0.1) is 0 Å². The van der Waals surface area contributed by atoms with E-state index >= 15 is 0 Å². The Kier molecular flexibility index (Phi) is 3.46. The highest BCUT2D eigenvalue weighted by Crippen LogP contribution is 2.49. The molecule has 2 rings (SSSR count). The molecule has 1 saturated carbocycles. The molecular weight excluding hydrogens is 236 g/mol. The molecule has 0 aliphatic heterocycles. The van der Waals surface area contributed by atoms with Gasteiger partial charge in [0.2, 0.25) is 0 Å². The molecule has 0 spiro atoms. The number of benzene rings is 1. The van der Waals surface area contributed by atoms with E-state index in [1.807, 2.05) is 0 Å². The smallest absolute Gasteiger partial charge is 0.312 e. The summed E-state index contributed by atoms with van der Waals surface area (Å²) in [5.41, 5.74) is 3.78. The molecule has 0 atom stereocenters. The molecule has 1 fully saturated rings. The van der Waals surface area contributed by atoms with Crippen LogP contribution in [0.15, 0.2) is 18.2 Å². The molecule has 1 aliphatic rings. The summed E-state index contributed by atoms with van der Waals surface area (Å²) in [5.74, 6) is -0.0481. The Morgan fingerprint density at radius 2 is 1.95 bits per heavy atom. The van der Waals surface area contributed by atoms with Gasteiger partial charge in [0.05, 0.1) is 12.5 Å². The number of aryl methyl sites for hydroxylation is 1. The van der Waals surface area contributed by atoms with Gasteiger partial charge in [0.1, 0.15) is 0 Å². The third-order valence-corrected chi connectivity index (χ3v) is 4.22. The quantitative estimate of drug-likeness (QED) is 0.773. The predicted molar refractivity (Wildman–Crippen MR) is 77.3 cm³/mol. The van der Waals surface area contributed by atoms with Crippen LogP contribution >= 0.6 is 0 Å². The molecule has 1 aliphatic carbocycles. The molecule has 0 N–H and O–H groups in total. The van der Waals surface area contributed by atoms with Crippen LogP contribution in [0.5, 0.6) is 0 Å². The lowest BCUT2D eigenvalue weighted by molar-refractivity contribution is -0.147. The van der Waals surface area contributed by atoms with Gasteiger partial charge in [0.15, 0.2) is 0 Å². The number of hydrogen-bond donors (Lipinski definition) is 0. The SMILES string of the molecule is COC(=O)C1(Cc2cc(C(C)(C)C)ccc2C)CC1. The fraction of sp³-hybridized carbons (Fsp3) is 0.588. The number of carbonyl (C=O) groups is 1. The Hall–Kier alpha value is -1.31. The number of hydrogen-bond acceptors (Lipinski definition) is 2. The van der Waals surface area contributed by atoms with Gasteiger partial charge in [0.25, 0.3) is 0 Å². The predicted octanol–water partition coefficient (Wildman–Crippen LogP) is 3.79. The van der Waals surface area contributed by atoms with Crippen molar-refractivity contribution in [2.75, 3.05) is 7.11 Å². The van der Waals surface area contributed by atoms with E-state index < -0.39 is 0 Å². The summed E-state index contributed by atoms with van der Waals surface area (Å²) in [6.07, 6.45) is 2.73. The molecule has 1 aromatic carbocycles. The fourth-order valence-electron chi connectivity index (χ4n) is 2.51. The summed E-state index contributed by atoms with van der Waals surface area (Å²) in [5, 5.41) is 0. The van der Waals surface area contributed by atoms with Crippen molar-refractivity contribution in [3.63, 3.8) is 0 Å². The molecule has 1 aromatic rings. The van der Waals surface area contributed by atoms with Gasteiger partial charge in [-0.1, -0.05) is 39.0 Å². The summed E-state index contributed by atoms with van der Waals surface area (Å²) in [6.45, 7) is 8.77. The lowest BCUT2D eigenvalue weighted by Gasteiger charge is -2.22. The van der Waals surface area contributed by atoms with E-state index in [-0.39, 0.29) is 16.8 Å². The molecule has 0 amide bonds. The molecular formula is C17H24O2. The zero-order valence-corrected chi connectivity index (χ0v) is 12.7. The van der Waals surface area contributed by atoms with Crippen LogP contribution in [0, 0.1) is 12.3 Å². The normalized spacial score (nSPS) is 17.1.